The van der Waals surface area contributed by atoms with Crippen LogP contribution in [0.15, 0.2) is 4.99 Å². The molecule has 2 N–H and O–H groups in total. The monoisotopic (exact) mass is 307 g/mol. The summed E-state index contributed by atoms with van der Waals surface area (Å²) in [5.74, 6) is 1.54. The normalized spacial score (nSPS) is 24.0. The highest BCUT2D eigenvalue weighted by atomic mass is 19.4. The fraction of sp³-hybridized carbons (Fsp3) is 0.933. The van der Waals surface area contributed by atoms with Crippen LogP contribution in [0.3, 0.4) is 0 Å². The van der Waals surface area contributed by atoms with Crippen LogP contribution in [-0.4, -0.2) is 31.3 Å². The quantitative estimate of drug-likeness (QED) is 0.444. The summed E-state index contributed by atoms with van der Waals surface area (Å²) in [6.07, 6.45) is 0.577. The predicted octanol–water partition coefficient (Wildman–Crippen LogP) is 3.85. The first-order chi connectivity index (χ1) is 9.90. The standard InChI is InChI=1S/C15H28F3N3/c1-3-19-14(20-11-5-4-10-15(16,17)18)21-13-8-6-12(2)7-9-13/h12-13H,3-11H2,1-2H3,(H2,19,20,21). The number of rotatable bonds is 6. The summed E-state index contributed by atoms with van der Waals surface area (Å²) < 4.78 is 36.1. The Balaban J connectivity index is 2.29. The average Bonchev–Trinajstić information content (AvgIpc) is 2.40. The van der Waals surface area contributed by atoms with Gasteiger partial charge in [0.2, 0.25) is 0 Å². The molecule has 0 amide bonds. The molecule has 1 aliphatic rings. The molecule has 1 fully saturated rings. The maximum Gasteiger partial charge on any atom is 0.389 e. The fourth-order valence-electron chi connectivity index (χ4n) is 2.55. The summed E-state index contributed by atoms with van der Waals surface area (Å²) >= 11 is 0. The molecule has 0 aromatic carbocycles. The molecule has 1 saturated carbocycles. The lowest BCUT2D eigenvalue weighted by Crippen LogP contribution is -2.44. The van der Waals surface area contributed by atoms with Crippen molar-refractivity contribution >= 4 is 5.96 Å². The van der Waals surface area contributed by atoms with Gasteiger partial charge in [0.05, 0.1) is 0 Å². The van der Waals surface area contributed by atoms with Crippen LogP contribution in [0, 0.1) is 5.92 Å². The van der Waals surface area contributed by atoms with Gasteiger partial charge in [-0.25, -0.2) is 0 Å². The summed E-state index contributed by atoms with van der Waals surface area (Å²) in [7, 11) is 0. The lowest BCUT2D eigenvalue weighted by molar-refractivity contribution is -0.135. The Morgan fingerprint density at radius 1 is 1.14 bits per heavy atom. The van der Waals surface area contributed by atoms with Crippen molar-refractivity contribution in [3.8, 4) is 0 Å². The van der Waals surface area contributed by atoms with E-state index in [-0.39, 0.29) is 6.42 Å². The Labute approximate surface area is 125 Å². The van der Waals surface area contributed by atoms with E-state index < -0.39 is 12.6 Å². The van der Waals surface area contributed by atoms with E-state index in [1.165, 1.54) is 12.8 Å². The minimum Gasteiger partial charge on any atom is -0.357 e. The topological polar surface area (TPSA) is 36.4 Å². The molecule has 1 aliphatic carbocycles. The zero-order valence-corrected chi connectivity index (χ0v) is 13.1. The van der Waals surface area contributed by atoms with Crippen LogP contribution >= 0.6 is 0 Å². The molecular weight excluding hydrogens is 279 g/mol. The van der Waals surface area contributed by atoms with Gasteiger partial charge < -0.3 is 10.6 Å². The van der Waals surface area contributed by atoms with Gasteiger partial charge in [-0.3, -0.25) is 4.99 Å². The zero-order chi connectivity index (χ0) is 15.7. The third-order valence-electron chi connectivity index (χ3n) is 3.84. The minimum atomic E-state index is -4.05. The van der Waals surface area contributed by atoms with Gasteiger partial charge in [-0.05, 0) is 51.4 Å². The fourth-order valence-corrected chi connectivity index (χ4v) is 2.55. The zero-order valence-electron chi connectivity index (χ0n) is 13.1. The van der Waals surface area contributed by atoms with E-state index >= 15 is 0 Å². The molecule has 0 heterocycles. The van der Waals surface area contributed by atoms with Crippen molar-refractivity contribution in [1.82, 2.24) is 10.6 Å². The molecule has 0 saturated heterocycles. The van der Waals surface area contributed by atoms with E-state index in [1.807, 2.05) is 6.92 Å². The molecule has 0 aromatic heterocycles. The first-order valence-corrected chi connectivity index (χ1v) is 8.02. The SMILES string of the molecule is CCNC(=NCCCCC(F)(F)F)NC1CCC(C)CC1. The molecule has 3 nitrogen and oxygen atoms in total. The van der Waals surface area contributed by atoms with Crippen LogP contribution in [0.4, 0.5) is 13.2 Å². The number of halogens is 3. The van der Waals surface area contributed by atoms with Crippen molar-refractivity contribution in [3.05, 3.63) is 0 Å². The number of guanidine groups is 1. The van der Waals surface area contributed by atoms with Crippen LogP contribution in [-0.2, 0) is 0 Å². The number of hydrogen-bond donors (Lipinski definition) is 2. The lowest BCUT2D eigenvalue weighted by Gasteiger charge is -2.28. The maximum atomic E-state index is 12.0. The first kappa shape index (κ1) is 18.1. The smallest absolute Gasteiger partial charge is 0.357 e. The van der Waals surface area contributed by atoms with E-state index in [0.29, 0.717) is 19.0 Å². The van der Waals surface area contributed by atoms with Crippen molar-refractivity contribution in [2.24, 2.45) is 10.9 Å². The highest BCUT2D eigenvalue weighted by Crippen LogP contribution is 2.23. The van der Waals surface area contributed by atoms with Crippen LogP contribution in [0.25, 0.3) is 0 Å². The summed E-state index contributed by atoms with van der Waals surface area (Å²) in [6, 6.07) is 0.439. The van der Waals surface area contributed by atoms with Crippen LogP contribution in [0.2, 0.25) is 0 Å². The van der Waals surface area contributed by atoms with Gasteiger partial charge in [-0.15, -0.1) is 0 Å². The van der Waals surface area contributed by atoms with Crippen LogP contribution in [0.1, 0.15) is 58.8 Å². The van der Waals surface area contributed by atoms with Gasteiger partial charge >= 0.3 is 6.18 Å². The van der Waals surface area contributed by atoms with Gasteiger partial charge in [0, 0.05) is 25.6 Å². The molecular formula is C15H28F3N3. The third kappa shape index (κ3) is 8.83. The summed E-state index contributed by atoms with van der Waals surface area (Å²) in [5, 5.41) is 6.57. The number of aliphatic imine (C=N–C) groups is 1. The van der Waals surface area contributed by atoms with Crippen molar-refractivity contribution in [3.63, 3.8) is 0 Å². The Morgan fingerprint density at radius 3 is 2.38 bits per heavy atom. The Hall–Kier alpha value is -0.940. The van der Waals surface area contributed by atoms with E-state index in [9.17, 15) is 13.2 Å². The first-order valence-electron chi connectivity index (χ1n) is 8.02. The molecule has 0 radical (unpaired) electrons. The number of nitrogens with zero attached hydrogens (tertiary/aromatic N) is 1. The molecule has 0 aliphatic heterocycles. The maximum absolute atomic E-state index is 12.0. The molecule has 0 unspecified atom stereocenters. The molecule has 0 bridgehead atoms. The predicted molar refractivity (Wildman–Crippen MR) is 80.4 cm³/mol. The summed E-state index contributed by atoms with van der Waals surface area (Å²) in [5.41, 5.74) is 0. The van der Waals surface area contributed by atoms with Gasteiger partial charge in [0.1, 0.15) is 0 Å². The number of alkyl halides is 3. The number of hydrogen-bond acceptors (Lipinski definition) is 1. The van der Waals surface area contributed by atoms with Gasteiger partial charge in [0.15, 0.2) is 5.96 Å². The molecule has 1 rings (SSSR count). The van der Waals surface area contributed by atoms with E-state index in [2.05, 4.69) is 22.5 Å². The van der Waals surface area contributed by atoms with E-state index in [1.54, 1.807) is 0 Å². The van der Waals surface area contributed by atoms with Crippen LogP contribution < -0.4 is 10.6 Å². The molecule has 6 heteroatoms. The second-order valence-electron chi connectivity index (χ2n) is 5.93. The van der Waals surface area contributed by atoms with E-state index in [0.717, 1.165) is 31.3 Å². The largest absolute Gasteiger partial charge is 0.389 e. The van der Waals surface area contributed by atoms with Crippen LogP contribution in [0.5, 0.6) is 0 Å². The average molecular weight is 307 g/mol. The third-order valence-corrected chi connectivity index (χ3v) is 3.84. The Bertz CT molecular complexity index is 308. The highest BCUT2D eigenvalue weighted by Gasteiger charge is 2.25. The van der Waals surface area contributed by atoms with Gasteiger partial charge in [-0.2, -0.15) is 13.2 Å². The Morgan fingerprint density at radius 2 is 1.81 bits per heavy atom. The number of nitrogens with one attached hydrogen (secondary N) is 2. The second-order valence-corrected chi connectivity index (χ2v) is 5.93. The van der Waals surface area contributed by atoms with Gasteiger partial charge in [-0.1, -0.05) is 6.92 Å². The molecule has 0 aromatic rings. The second kappa shape index (κ2) is 9.15. The van der Waals surface area contributed by atoms with Crippen molar-refractivity contribution in [2.75, 3.05) is 13.1 Å². The molecule has 0 atom stereocenters. The molecule has 0 spiro atoms. The highest BCUT2D eigenvalue weighted by molar-refractivity contribution is 5.80. The van der Waals surface area contributed by atoms with E-state index in [4.69, 9.17) is 0 Å². The minimum absolute atomic E-state index is 0.146. The molecule has 124 valence electrons. The Kier molecular flexibility index (Phi) is 7.89. The summed E-state index contributed by atoms with van der Waals surface area (Å²) in [6.45, 7) is 5.46. The molecule has 21 heavy (non-hydrogen) atoms. The number of unbranched alkanes of at least 4 members (excludes halogenated alkanes) is 1. The van der Waals surface area contributed by atoms with Gasteiger partial charge in [0.25, 0.3) is 0 Å². The lowest BCUT2D eigenvalue weighted by atomic mass is 9.87. The van der Waals surface area contributed by atoms with Crippen molar-refractivity contribution in [1.29, 1.82) is 0 Å². The van der Waals surface area contributed by atoms with Crippen molar-refractivity contribution in [2.45, 2.75) is 71.0 Å². The van der Waals surface area contributed by atoms with Crippen molar-refractivity contribution < 1.29 is 13.2 Å². The summed E-state index contributed by atoms with van der Waals surface area (Å²) in [4.78, 5) is 4.37.